The number of amides is 1. The highest BCUT2D eigenvalue weighted by atomic mass is 16.2. The van der Waals surface area contributed by atoms with Gasteiger partial charge in [-0.25, -0.2) is 0 Å². The number of hydrogen-bond donors (Lipinski definition) is 1. The van der Waals surface area contributed by atoms with Crippen LogP contribution in [0.5, 0.6) is 0 Å². The van der Waals surface area contributed by atoms with Gasteiger partial charge in [0.15, 0.2) is 0 Å². The van der Waals surface area contributed by atoms with Crippen molar-refractivity contribution < 1.29 is 4.79 Å². The Balaban J connectivity index is 1.80. The standard InChI is InChI=1S/C17H21NO/c1-11-4-7-15(12(2)8-11)18-16(19)17(3)10-13-5-6-14(17)9-13/h4-8,13-14H,9-10H2,1-3H3,(H,18,19). The fraction of sp³-hybridized carbons (Fsp3) is 0.471. The van der Waals surface area contributed by atoms with E-state index in [1.807, 2.05) is 19.1 Å². The summed E-state index contributed by atoms with van der Waals surface area (Å²) < 4.78 is 0. The molecule has 1 aromatic carbocycles. The van der Waals surface area contributed by atoms with Crippen LogP contribution in [0.25, 0.3) is 0 Å². The first-order chi connectivity index (χ1) is 8.99. The van der Waals surface area contributed by atoms with Gasteiger partial charge in [0, 0.05) is 5.69 Å². The monoisotopic (exact) mass is 255 g/mol. The van der Waals surface area contributed by atoms with Gasteiger partial charge in [0.05, 0.1) is 5.41 Å². The molecule has 2 nitrogen and oxygen atoms in total. The molecule has 1 amide bonds. The van der Waals surface area contributed by atoms with Gasteiger partial charge >= 0.3 is 0 Å². The minimum absolute atomic E-state index is 0.177. The molecule has 1 saturated carbocycles. The Morgan fingerprint density at radius 2 is 2.11 bits per heavy atom. The molecule has 1 fully saturated rings. The number of anilines is 1. The number of benzene rings is 1. The van der Waals surface area contributed by atoms with Gasteiger partial charge in [-0.2, -0.15) is 0 Å². The Morgan fingerprint density at radius 1 is 1.32 bits per heavy atom. The summed E-state index contributed by atoms with van der Waals surface area (Å²) in [4.78, 5) is 12.6. The summed E-state index contributed by atoms with van der Waals surface area (Å²) >= 11 is 0. The molecule has 2 bridgehead atoms. The Hall–Kier alpha value is -1.57. The number of fused-ring (bicyclic) bond motifs is 2. The van der Waals surface area contributed by atoms with Gasteiger partial charge in [-0.3, -0.25) is 4.79 Å². The molecule has 0 aromatic heterocycles. The highest BCUT2D eigenvalue weighted by Gasteiger charge is 2.49. The van der Waals surface area contributed by atoms with Crippen LogP contribution in [0.3, 0.4) is 0 Å². The zero-order valence-corrected chi connectivity index (χ0v) is 11.9. The number of rotatable bonds is 2. The van der Waals surface area contributed by atoms with Crippen LogP contribution < -0.4 is 5.32 Å². The average Bonchev–Trinajstić information content (AvgIpc) is 2.93. The Kier molecular flexibility index (Phi) is 2.77. The molecule has 0 radical (unpaired) electrons. The smallest absolute Gasteiger partial charge is 0.230 e. The molecule has 3 atom stereocenters. The third kappa shape index (κ3) is 1.99. The van der Waals surface area contributed by atoms with Crippen molar-refractivity contribution in [2.45, 2.75) is 33.6 Å². The van der Waals surface area contributed by atoms with Crippen molar-refractivity contribution in [2.24, 2.45) is 17.3 Å². The first-order valence-corrected chi connectivity index (χ1v) is 7.06. The van der Waals surface area contributed by atoms with Gasteiger partial charge in [-0.15, -0.1) is 0 Å². The van der Waals surface area contributed by atoms with Crippen LogP contribution >= 0.6 is 0 Å². The van der Waals surface area contributed by atoms with E-state index in [0.29, 0.717) is 11.8 Å². The van der Waals surface area contributed by atoms with Crippen molar-refractivity contribution in [3.05, 3.63) is 41.5 Å². The maximum atomic E-state index is 12.6. The number of aryl methyl sites for hydroxylation is 2. The predicted molar refractivity (Wildman–Crippen MR) is 78.0 cm³/mol. The van der Waals surface area contributed by atoms with Gasteiger partial charge in [-0.1, -0.05) is 36.8 Å². The van der Waals surface area contributed by atoms with E-state index in [2.05, 4.69) is 37.4 Å². The normalized spacial score (nSPS) is 31.7. The lowest BCUT2D eigenvalue weighted by molar-refractivity contribution is -0.126. The first kappa shape index (κ1) is 12.5. The fourth-order valence-electron chi connectivity index (χ4n) is 3.57. The number of nitrogens with one attached hydrogen (secondary N) is 1. The van der Waals surface area contributed by atoms with E-state index in [1.54, 1.807) is 0 Å². The molecule has 2 heteroatoms. The lowest BCUT2D eigenvalue weighted by Crippen LogP contribution is -2.37. The molecular formula is C17H21NO. The molecule has 1 N–H and O–H groups in total. The van der Waals surface area contributed by atoms with Crippen LogP contribution in [0.15, 0.2) is 30.4 Å². The summed E-state index contributed by atoms with van der Waals surface area (Å²) in [5.41, 5.74) is 3.08. The second kappa shape index (κ2) is 4.22. The van der Waals surface area contributed by atoms with Gasteiger partial charge < -0.3 is 5.32 Å². The molecule has 100 valence electrons. The van der Waals surface area contributed by atoms with Gasteiger partial charge in [0.1, 0.15) is 0 Å². The van der Waals surface area contributed by atoms with Crippen molar-refractivity contribution in [1.82, 2.24) is 0 Å². The summed E-state index contributed by atoms with van der Waals surface area (Å²) in [7, 11) is 0. The lowest BCUT2D eigenvalue weighted by atomic mass is 9.76. The zero-order chi connectivity index (χ0) is 13.6. The maximum absolute atomic E-state index is 12.6. The molecule has 2 aliphatic carbocycles. The summed E-state index contributed by atoms with van der Waals surface area (Å²) in [6, 6.07) is 6.17. The fourth-order valence-corrected chi connectivity index (χ4v) is 3.57. The van der Waals surface area contributed by atoms with E-state index in [1.165, 1.54) is 5.56 Å². The number of allylic oxidation sites excluding steroid dienone is 2. The summed E-state index contributed by atoms with van der Waals surface area (Å²) in [5, 5.41) is 3.13. The minimum Gasteiger partial charge on any atom is -0.325 e. The molecule has 3 rings (SSSR count). The van der Waals surface area contributed by atoms with Crippen molar-refractivity contribution >= 4 is 11.6 Å². The number of carbonyl (C=O) groups excluding carboxylic acids is 1. The van der Waals surface area contributed by atoms with E-state index >= 15 is 0 Å². The van der Waals surface area contributed by atoms with Crippen LogP contribution in [-0.4, -0.2) is 5.91 Å². The SMILES string of the molecule is Cc1ccc(NC(=O)C2(C)CC3C=CC2C3)c(C)c1. The van der Waals surface area contributed by atoms with Crippen LogP contribution in [0.1, 0.15) is 30.9 Å². The van der Waals surface area contributed by atoms with E-state index in [4.69, 9.17) is 0 Å². The third-order valence-electron chi connectivity index (χ3n) is 4.83. The second-order valence-electron chi connectivity index (χ2n) is 6.38. The maximum Gasteiger partial charge on any atom is 0.230 e. The highest BCUT2D eigenvalue weighted by molar-refractivity contribution is 5.96. The molecular weight excluding hydrogens is 234 g/mol. The summed E-state index contributed by atoms with van der Waals surface area (Å²) in [6.45, 7) is 6.23. The van der Waals surface area contributed by atoms with Crippen LogP contribution in [-0.2, 0) is 4.79 Å². The lowest BCUT2D eigenvalue weighted by Gasteiger charge is -2.30. The zero-order valence-electron chi connectivity index (χ0n) is 11.9. The number of carbonyl (C=O) groups is 1. The first-order valence-electron chi connectivity index (χ1n) is 7.06. The van der Waals surface area contributed by atoms with Crippen LogP contribution in [0.4, 0.5) is 5.69 Å². The average molecular weight is 255 g/mol. The summed E-state index contributed by atoms with van der Waals surface area (Å²) in [6.07, 6.45) is 6.65. The van der Waals surface area contributed by atoms with Gasteiger partial charge in [-0.05, 0) is 50.2 Å². The predicted octanol–water partition coefficient (Wildman–Crippen LogP) is 3.84. The summed E-state index contributed by atoms with van der Waals surface area (Å²) in [5.74, 6) is 1.21. The molecule has 0 aliphatic heterocycles. The highest BCUT2D eigenvalue weighted by Crippen LogP contribution is 2.52. The van der Waals surface area contributed by atoms with Crippen molar-refractivity contribution in [3.8, 4) is 0 Å². The van der Waals surface area contributed by atoms with Gasteiger partial charge in [0.25, 0.3) is 0 Å². The molecule has 0 spiro atoms. The van der Waals surface area contributed by atoms with Crippen molar-refractivity contribution in [1.29, 1.82) is 0 Å². The van der Waals surface area contributed by atoms with E-state index in [9.17, 15) is 4.79 Å². The van der Waals surface area contributed by atoms with E-state index in [0.717, 1.165) is 24.1 Å². The number of hydrogen-bond acceptors (Lipinski definition) is 1. The molecule has 19 heavy (non-hydrogen) atoms. The molecule has 2 aliphatic rings. The molecule has 0 saturated heterocycles. The van der Waals surface area contributed by atoms with E-state index < -0.39 is 0 Å². The van der Waals surface area contributed by atoms with E-state index in [-0.39, 0.29) is 11.3 Å². The topological polar surface area (TPSA) is 29.1 Å². The largest absolute Gasteiger partial charge is 0.325 e. The molecule has 0 heterocycles. The van der Waals surface area contributed by atoms with Gasteiger partial charge in [0.2, 0.25) is 5.91 Å². The van der Waals surface area contributed by atoms with Crippen LogP contribution in [0, 0.1) is 31.1 Å². The molecule has 3 unspecified atom stereocenters. The quantitative estimate of drug-likeness (QED) is 0.799. The van der Waals surface area contributed by atoms with Crippen LogP contribution in [0.2, 0.25) is 0 Å². The van der Waals surface area contributed by atoms with Crippen molar-refractivity contribution in [2.75, 3.05) is 5.32 Å². The Morgan fingerprint density at radius 3 is 2.68 bits per heavy atom. The third-order valence-corrected chi connectivity index (χ3v) is 4.83. The minimum atomic E-state index is -0.225. The second-order valence-corrected chi connectivity index (χ2v) is 6.38. The Labute approximate surface area is 114 Å². The van der Waals surface area contributed by atoms with Crippen molar-refractivity contribution in [3.63, 3.8) is 0 Å². The molecule has 1 aromatic rings. The Bertz CT molecular complexity index is 560.